The molecular weight excluding hydrogens is 442 g/mol. The lowest BCUT2D eigenvalue weighted by atomic mass is 9.53. The number of aliphatic carboxylic acids is 1. The van der Waals surface area contributed by atoms with Crippen molar-refractivity contribution in [2.75, 3.05) is 26.2 Å². The van der Waals surface area contributed by atoms with Crippen LogP contribution in [0.2, 0.25) is 0 Å². The summed E-state index contributed by atoms with van der Waals surface area (Å²) in [6.07, 6.45) is 19.5. The Morgan fingerprint density at radius 1 is 0.743 bits per heavy atom. The first kappa shape index (κ1) is 27.9. The maximum Gasteiger partial charge on any atom is 0.317 e. The smallest absolute Gasteiger partial charge is 0.317 e. The largest absolute Gasteiger partial charge is 0.480 e. The van der Waals surface area contributed by atoms with Gasteiger partial charge < -0.3 is 15.7 Å². The number of nitrogens with one attached hydrogen (secondary N) is 2. The molecule has 2 amide bonds. The molecule has 0 saturated heterocycles. The van der Waals surface area contributed by atoms with Gasteiger partial charge in [0.15, 0.2) is 0 Å². The molecule has 0 spiro atoms. The second-order valence-electron chi connectivity index (χ2n) is 11.8. The lowest BCUT2D eigenvalue weighted by Crippen LogP contribution is -2.61. The van der Waals surface area contributed by atoms with Crippen LogP contribution in [0.5, 0.6) is 0 Å². The minimum absolute atomic E-state index is 0.0419. The third-order valence-corrected chi connectivity index (χ3v) is 8.39. The molecular formula is C28H49N3O4. The molecule has 7 heteroatoms. The number of carbonyl (C=O) groups is 3. The Balaban J connectivity index is 1.30. The van der Waals surface area contributed by atoms with Crippen molar-refractivity contribution in [3.05, 3.63) is 0 Å². The number of hydrogen-bond donors (Lipinski definition) is 3. The first-order valence-corrected chi connectivity index (χ1v) is 14.4. The first-order chi connectivity index (χ1) is 16.9. The van der Waals surface area contributed by atoms with Crippen LogP contribution in [0, 0.1) is 17.8 Å². The maximum atomic E-state index is 12.9. The van der Waals surface area contributed by atoms with E-state index in [1.54, 1.807) is 0 Å². The third-order valence-electron chi connectivity index (χ3n) is 8.39. The van der Waals surface area contributed by atoms with Crippen LogP contribution in [0.25, 0.3) is 0 Å². The molecule has 4 fully saturated rings. The number of carboxylic acid groups (broad SMARTS) is 1. The number of unbranched alkanes of at least 4 members (excludes halogenated alkanes) is 9. The van der Waals surface area contributed by atoms with Crippen LogP contribution in [0.15, 0.2) is 0 Å². The van der Waals surface area contributed by atoms with E-state index in [1.807, 2.05) is 0 Å². The van der Waals surface area contributed by atoms with Crippen molar-refractivity contribution in [2.24, 2.45) is 17.8 Å². The summed E-state index contributed by atoms with van der Waals surface area (Å²) in [7, 11) is 0. The van der Waals surface area contributed by atoms with Crippen molar-refractivity contribution in [3.63, 3.8) is 0 Å². The molecule has 4 aliphatic rings. The summed E-state index contributed by atoms with van der Waals surface area (Å²) in [5, 5.41) is 15.5. The van der Waals surface area contributed by atoms with Gasteiger partial charge >= 0.3 is 5.97 Å². The summed E-state index contributed by atoms with van der Waals surface area (Å²) in [4.78, 5) is 38.1. The molecule has 7 nitrogen and oxygen atoms in total. The van der Waals surface area contributed by atoms with Gasteiger partial charge in [-0.2, -0.15) is 0 Å². The molecule has 0 radical (unpaired) electrons. The molecule has 4 rings (SSSR count). The Morgan fingerprint density at radius 3 is 1.74 bits per heavy atom. The number of carboxylic acids is 1. The van der Waals surface area contributed by atoms with Gasteiger partial charge in [-0.05, 0) is 62.7 Å². The summed E-state index contributed by atoms with van der Waals surface area (Å²) in [6.45, 7) is 2.44. The van der Waals surface area contributed by atoms with Gasteiger partial charge in [-0.1, -0.05) is 64.7 Å². The summed E-state index contributed by atoms with van der Waals surface area (Å²) in [6, 6.07) is 0. The molecule has 0 heterocycles. The molecule has 4 saturated carbocycles. The molecule has 0 atom stereocenters. The van der Waals surface area contributed by atoms with Gasteiger partial charge in [0, 0.05) is 12.1 Å². The van der Waals surface area contributed by atoms with Gasteiger partial charge in [0.05, 0.1) is 19.6 Å². The number of carbonyl (C=O) groups excluding carboxylic acids is 2. The molecule has 0 aromatic heterocycles. The Morgan fingerprint density at radius 2 is 1.23 bits per heavy atom. The van der Waals surface area contributed by atoms with Gasteiger partial charge in [0.1, 0.15) is 0 Å². The quantitative estimate of drug-likeness (QED) is 0.245. The van der Waals surface area contributed by atoms with Crippen LogP contribution < -0.4 is 10.6 Å². The fraction of sp³-hybridized carbons (Fsp3) is 0.893. The normalized spacial score (nSPS) is 26.7. The third kappa shape index (κ3) is 9.74. The SMILES string of the molecule is CCCCCCCCCCCCNC(=O)CN(CC(=O)O)CC(=O)NC12CC3CC(CC(C3)C1)C2. The first-order valence-electron chi connectivity index (χ1n) is 14.4. The predicted molar refractivity (Wildman–Crippen MR) is 138 cm³/mol. The van der Waals surface area contributed by atoms with E-state index in [-0.39, 0.29) is 37.0 Å². The van der Waals surface area contributed by atoms with E-state index in [2.05, 4.69) is 17.6 Å². The van der Waals surface area contributed by atoms with E-state index in [0.29, 0.717) is 6.54 Å². The Kier molecular flexibility index (Phi) is 11.3. The summed E-state index contributed by atoms with van der Waals surface area (Å²) < 4.78 is 0. The molecule has 0 aromatic carbocycles. The highest BCUT2D eigenvalue weighted by Gasteiger charge is 2.51. The minimum atomic E-state index is -1.02. The topological polar surface area (TPSA) is 98.7 Å². The Labute approximate surface area is 212 Å². The van der Waals surface area contributed by atoms with Crippen molar-refractivity contribution < 1.29 is 19.5 Å². The zero-order valence-electron chi connectivity index (χ0n) is 22.0. The predicted octanol–water partition coefficient (Wildman–Crippen LogP) is 4.50. The Hall–Kier alpha value is -1.63. The van der Waals surface area contributed by atoms with Crippen LogP contribution in [0.3, 0.4) is 0 Å². The van der Waals surface area contributed by atoms with E-state index in [1.165, 1.54) is 75.5 Å². The number of amides is 2. The molecule has 3 N–H and O–H groups in total. The molecule has 0 unspecified atom stereocenters. The molecule has 200 valence electrons. The number of hydrogen-bond acceptors (Lipinski definition) is 4. The van der Waals surface area contributed by atoms with Crippen molar-refractivity contribution in [1.82, 2.24) is 15.5 Å². The summed E-state index contributed by atoms with van der Waals surface area (Å²) in [5.41, 5.74) is -0.0987. The monoisotopic (exact) mass is 491 g/mol. The van der Waals surface area contributed by atoms with Crippen molar-refractivity contribution in [2.45, 2.75) is 115 Å². The van der Waals surface area contributed by atoms with E-state index in [9.17, 15) is 19.5 Å². The van der Waals surface area contributed by atoms with Gasteiger partial charge in [-0.25, -0.2) is 0 Å². The summed E-state index contributed by atoms with van der Waals surface area (Å²) in [5.74, 6) is 0.824. The van der Waals surface area contributed by atoms with E-state index < -0.39 is 5.97 Å². The van der Waals surface area contributed by atoms with Crippen LogP contribution in [0.1, 0.15) is 110 Å². The van der Waals surface area contributed by atoms with Crippen molar-refractivity contribution in [3.8, 4) is 0 Å². The van der Waals surface area contributed by atoms with Crippen molar-refractivity contribution >= 4 is 17.8 Å². The lowest BCUT2D eigenvalue weighted by Gasteiger charge is -2.57. The van der Waals surface area contributed by atoms with Crippen LogP contribution in [-0.4, -0.2) is 59.5 Å². The molecule has 35 heavy (non-hydrogen) atoms. The van der Waals surface area contributed by atoms with Gasteiger partial charge in [-0.15, -0.1) is 0 Å². The zero-order chi connectivity index (χ0) is 25.1. The van der Waals surface area contributed by atoms with Crippen molar-refractivity contribution in [1.29, 1.82) is 0 Å². The Bertz CT molecular complexity index is 660. The fourth-order valence-corrected chi connectivity index (χ4v) is 7.26. The highest BCUT2D eigenvalue weighted by molar-refractivity contribution is 5.82. The minimum Gasteiger partial charge on any atom is -0.480 e. The highest BCUT2D eigenvalue weighted by Crippen LogP contribution is 2.55. The second kappa shape index (κ2) is 14.2. The summed E-state index contributed by atoms with van der Waals surface area (Å²) >= 11 is 0. The molecule has 0 aliphatic heterocycles. The lowest BCUT2D eigenvalue weighted by molar-refractivity contribution is -0.139. The molecule has 0 aromatic rings. The number of rotatable bonds is 18. The van der Waals surface area contributed by atoms with E-state index in [4.69, 9.17) is 0 Å². The van der Waals surface area contributed by atoms with Gasteiger partial charge in [0.25, 0.3) is 0 Å². The second-order valence-corrected chi connectivity index (χ2v) is 11.8. The maximum absolute atomic E-state index is 12.9. The van der Waals surface area contributed by atoms with E-state index >= 15 is 0 Å². The van der Waals surface area contributed by atoms with Crippen LogP contribution in [-0.2, 0) is 14.4 Å². The van der Waals surface area contributed by atoms with Crippen LogP contribution >= 0.6 is 0 Å². The van der Waals surface area contributed by atoms with Gasteiger partial charge in [-0.3, -0.25) is 19.3 Å². The fourth-order valence-electron chi connectivity index (χ4n) is 7.26. The molecule has 4 bridgehead atoms. The van der Waals surface area contributed by atoms with Gasteiger partial charge in [0.2, 0.25) is 11.8 Å². The average molecular weight is 492 g/mol. The average Bonchev–Trinajstić information content (AvgIpc) is 2.75. The van der Waals surface area contributed by atoms with Crippen LogP contribution in [0.4, 0.5) is 0 Å². The van der Waals surface area contributed by atoms with E-state index in [0.717, 1.165) is 49.9 Å². The standard InChI is InChI=1S/C28H49N3O4/c1-2-3-4-5-6-7-8-9-10-11-12-29-25(32)19-31(21-27(34)35)20-26(33)30-28-16-22-13-23(17-28)15-24(14-22)18-28/h22-24H,2-21H2,1H3,(H,29,32)(H,30,33)(H,34,35). The number of nitrogens with zero attached hydrogens (tertiary/aromatic N) is 1. The highest BCUT2D eigenvalue weighted by atomic mass is 16.4. The zero-order valence-corrected chi connectivity index (χ0v) is 22.0. The molecule has 4 aliphatic carbocycles.